The summed E-state index contributed by atoms with van der Waals surface area (Å²) in [4.78, 5) is 0. The lowest BCUT2D eigenvalue weighted by molar-refractivity contribution is 0.411. The van der Waals surface area contributed by atoms with Gasteiger partial charge in [0.2, 0.25) is 0 Å². The Labute approximate surface area is 128 Å². The Morgan fingerprint density at radius 3 is 2.47 bits per heavy atom. The summed E-state index contributed by atoms with van der Waals surface area (Å²) >= 11 is 2.38. The van der Waals surface area contributed by atoms with E-state index < -0.39 is 0 Å². The van der Waals surface area contributed by atoms with Crippen molar-refractivity contribution in [2.75, 3.05) is 14.2 Å². The van der Waals surface area contributed by atoms with Gasteiger partial charge < -0.3 is 10.1 Å². The van der Waals surface area contributed by atoms with Crippen molar-refractivity contribution < 1.29 is 4.74 Å². The molecule has 0 aliphatic rings. The van der Waals surface area contributed by atoms with Gasteiger partial charge in [-0.2, -0.15) is 0 Å². The highest BCUT2D eigenvalue weighted by molar-refractivity contribution is 14.1. The summed E-state index contributed by atoms with van der Waals surface area (Å²) in [6.45, 7) is 2.07. The predicted octanol–water partition coefficient (Wildman–Crippen LogP) is 3.92. The molecule has 1 atom stereocenters. The Hall–Kier alpha value is -1.07. The summed E-state index contributed by atoms with van der Waals surface area (Å²) in [5, 5.41) is 3.39. The van der Waals surface area contributed by atoms with Crippen molar-refractivity contribution in [3.05, 3.63) is 62.7 Å². The van der Waals surface area contributed by atoms with Crippen LogP contribution in [-0.4, -0.2) is 14.2 Å². The average Bonchev–Trinajstić information content (AvgIpc) is 2.42. The lowest BCUT2D eigenvalue weighted by Gasteiger charge is -2.20. The van der Waals surface area contributed by atoms with Gasteiger partial charge >= 0.3 is 0 Å². The van der Waals surface area contributed by atoms with E-state index in [-0.39, 0.29) is 6.04 Å². The van der Waals surface area contributed by atoms with Crippen LogP contribution < -0.4 is 10.1 Å². The largest absolute Gasteiger partial charge is 0.496 e. The summed E-state index contributed by atoms with van der Waals surface area (Å²) in [6, 6.07) is 15.0. The predicted molar refractivity (Wildman–Crippen MR) is 87.8 cm³/mol. The lowest BCUT2D eigenvalue weighted by atomic mass is 9.97. The second-order valence-electron chi connectivity index (χ2n) is 4.47. The molecule has 0 bridgehead atoms. The van der Waals surface area contributed by atoms with Crippen molar-refractivity contribution in [1.82, 2.24) is 5.32 Å². The molecule has 0 radical (unpaired) electrons. The quantitative estimate of drug-likeness (QED) is 0.828. The van der Waals surface area contributed by atoms with E-state index in [1.54, 1.807) is 7.11 Å². The number of hydrogen-bond donors (Lipinski definition) is 1. The molecule has 0 aliphatic carbocycles. The van der Waals surface area contributed by atoms with Crippen LogP contribution in [0.15, 0.2) is 42.5 Å². The van der Waals surface area contributed by atoms with E-state index in [1.165, 1.54) is 14.7 Å². The van der Waals surface area contributed by atoms with Crippen LogP contribution in [0, 0.1) is 10.5 Å². The Kier molecular flexibility index (Phi) is 4.82. The van der Waals surface area contributed by atoms with Crippen LogP contribution >= 0.6 is 22.6 Å². The van der Waals surface area contributed by atoms with E-state index in [4.69, 9.17) is 4.74 Å². The molecule has 0 saturated carbocycles. The third-order valence-electron chi connectivity index (χ3n) is 3.26. The zero-order chi connectivity index (χ0) is 13.8. The number of methoxy groups -OCH3 is 1. The second kappa shape index (κ2) is 6.39. The third kappa shape index (κ3) is 3.09. The number of aryl methyl sites for hydroxylation is 1. The van der Waals surface area contributed by atoms with Crippen molar-refractivity contribution in [3.8, 4) is 5.75 Å². The molecule has 0 amide bonds. The van der Waals surface area contributed by atoms with Gasteiger partial charge in [0.05, 0.1) is 13.2 Å². The number of halogens is 1. The topological polar surface area (TPSA) is 21.3 Å². The maximum absolute atomic E-state index is 5.32. The Morgan fingerprint density at radius 2 is 1.89 bits per heavy atom. The molecule has 0 aromatic heterocycles. The van der Waals surface area contributed by atoms with Crippen LogP contribution in [0.3, 0.4) is 0 Å². The molecule has 2 rings (SSSR count). The van der Waals surface area contributed by atoms with Crippen molar-refractivity contribution >= 4 is 22.6 Å². The Balaban J connectivity index is 2.43. The van der Waals surface area contributed by atoms with Gasteiger partial charge in [0.1, 0.15) is 5.75 Å². The molecular weight excluding hydrogens is 349 g/mol. The normalized spacial score (nSPS) is 12.2. The summed E-state index contributed by atoms with van der Waals surface area (Å²) in [5.74, 6) is 0.932. The van der Waals surface area contributed by atoms with Crippen LogP contribution in [0.25, 0.3) is 0 Å². The van der Waals surface area contributed by atoms with Crippen molar-refractivity contribution in [3.63, 3.8) is 0 Å². The summed E-state index contributed by atoms with van der Waals surface area (Å²) in [6.07, 6.45) is 0. The number of ether oxygens (including phenoxy) is 1. The van der Waals surface area contributed by atoms with Gasteiger partial charge in [0.25, 0.3) is 0 Å². The molecule has 0 spiro atoms. The highest BCUT2D eigenvalue weighted by Crippen LogP contribution is 2.29. The van der Waals surface area contributed by atoms with Crippen LogP contribution in [0.5, 0.6) is 5.75 Å². The first-order valence-electron chi connectivity index (χ1n) is 6.23. The zero-order valence-corrected chi connectivity index (χ0v) is 13.6. The van der Waals surface area contributed by atoms with Crippen LogP contribution in [0.1, 0.15) is 22.7 Å². The smallest absolute Gasteiger partial charge is 0.121 e. The van der Waals surface area contributed by atoms with Gasteiger partial charge in [0, 0.05) is 3.57 Å². The fourth-order valence-electron chi connectivity index (χ4n) is 2.29. The van der Waals surface area contributed by atoms with E-state index in [0.717, 1.165) is 11.3 Å². The van der Waals surface area contributed by atoms with E-state index in [9.17, 15) is 0 Å². The monoisotopic (exact) mass is 367 g/mol. The number of rotatable bonds is 4. The summed E-state index contributed by atoms with van der Waals surface area (Å²) in [7, 11) is 3.70. The molecule has 100 valence electrons. The SMILES string of the molecule is CNC(c1ccc(OC)c(C)c1)c1ccccc1I. The summed E-state index contributed by atoms with van der Waals surface area (Å²) < 4.78 is 6.59. The van der Waals surface area contributed by atoms with Crippen LogP contribution in [0.4, 0.5) is 0 Å². The van der Waals surface area contributed by atoms with Gasteiger partial charge in [-0.15, -0.1) is 0 Å². The van der Waals surface area contributed by atoms with Gasteiger partial charge in [-0.1, -0.05) is 30.3 Å². The fraction of sp³-hybridized carbons (Fsp3) is 0.250. The number of nitrogens with one attached hydrogen (secondary N) is 1. The number of hydrogen-bond acceptors (Lipinski definition) is 2. The number of benzene rings is 2. The molecule has 0 saturated heterocycles. The van der Waals surface area contributed by atoms with Crippen LogP contribution in [-0.2, 0) is 0 Å². The molecule has 2 nitrogen and oxygen atoms in total. The van der Waals surface area contributed by atoms with Crippen molar-refractivity contribution in [2.45, 2.75) is 13.0 Å². The lowest BCUT2D eigenvalue weighted by Crippen LogP contribution is -2.18. The minimum atomic E-state index is 0.206. The zero-order valence-electron chi connectivity index (χ0n) is 11.4. The fourth-order valence-corrected chi connectivity index (χ4v) is 2.99. The minimum Gasteiger partial charge on any atom is -0.496 e. The van der Waals surface area contributed by atoms with E-state index >= 15 is 0 Å². The van der Waals surface area contributed by atoms with E-state index in [0.29, 0.717) is 0 Å². The van der Waals surface area contributed by atoms with Gasteiger partial charge in [-0.3, -0.25) is 0 Å². The van der Waals surface area contributed by atoms with Gasteiger partial charge in [-0.05, 0) is 65.4 Å². The third-order valence-corrected chi connectivity index (χ3v) is 4.24. The van der Waals surface area contributed by atoms with Crippen molar-refractivity contribution in [1.29, 1.82) is 0 Å². The molecule has 0 fully saturated rings. The maximum atomic E-state index is 5.32. The second-order valence-corrected chi connectivity index (χ2v) is 5.63. The molecule has 3 heteroatoms. The highest BCUT2D eigenvalue weighted by Gasteiger charge is 2.15. The van der Waals surface area contributed by atoms with Crippen LogP contribution in [0.2, 0.25) is 0 Å². The standard InChI is InChI=1S/C16H18INO/c1-11-10-12(8-9-15(11)19-3)16(18-2)13-6-4-5-7-14(13)17/h4-10,16,18H,1-3H3. The molecule has 0 heterocycles. The Bertz CT molecular complexity index is 568. The molecule has 1 N–H and O–H groups in total. The van der Waals surface area contributed by atoms with Crippen molar-refractivity contribution in [2.24, 2.45) is 0 Å². The van der Waals surface area contributed by atoms with Gasteiger partial charge in [0.15, 0.2) is 0 Å². The average molecular weight is 367 g/mol. The molecule has 0 aliphatic heterocycles. The molecule has 19 heavy (non-hydrogen) atoms. The van der Waals surface area contributed by atoms with E-state index in [1.807, 2.05) is 13.1 Å². The molecule has 2 aromatic rings. The maximum Gasteiger partial charge on any atom is 0.121 e. The molecular formula is C16H18INO. The first-order chi connectivity index (χ1) is 9.17. The minimum absolute atomic E-state index is 0.206. The highest BCUT2D eigenvalue weighted by atomic mass is 127. The Morgan fingerprint density at radius 1 is 1.16 bits per heavy atom. The summed E-state index contributed by atoms with van der Waals surface area (Å²) in [5.41, 5.74) is 3.71. The van der Waals surface area contributed by atoms with Gasteiger partial charge in [-0.25, -0.2) is 0 Å². The molecule has 1 unspecified atom stereocenters. The molecule has 2 aromatic carbocycles. The van der Waals surface area contributed by atoms with E-state index in [2.05, 4.69) is 71.2 Å². The first-order valence-corrected chi connectivity index (χ1v) is 7.31. The first kappa shape index (κ1) is 14.3.